The summed E-state index contributed by atoms with van der Waals surface area (Å²) in [5.41, 5.74) is 1.20. The van der Waals surface area contributed by atoms with Crippen LogP contribution < -0.4 is 19.1 Å². The van der Waals surface area contributed by atoms with E-state index in [4.69, 9.17) is 9.47 Å². The van der Waals surface area contributed by atoms with Crippen LogP contribution in [0.5, 0.6) is 11.5 Å². The molecule has 47 heavy (non-hydrogen) atoms. The van der Waals surface area contributed by atoms with E-state index in [-0.39, 0.29) is 34.9 Å². The molecule has 1 N–H and O–H groups in total. The second-order valence-electron chi connectivity index (χ2n) is 10.8. The molecule has 0 bridgehead atoms. The Balaban J connectivity index is 1.80. The topological polar surface area (TPSA) is 105 Å². The minimum absolute atomic E-state index is 0.132. The maximum atomic E-state index is 15.1. The van der Waals surface area contributed by atoms with Gasteiger partial charge in [0.2, 0.25) is 11.8 Å². The zero-order valence-electron chi connectivity index (χ0n) is 26.8. The van der Waals surface area contributed by atoms with Crippen LogP contribution in [0.2, 0.25) is 0 Å². The lowest BCUT2D eigenvalue weighted by Crippen LogP contribution is -2.53. The predicted octanol–water partition coefficient (Wildman–Crippen LogP) is 5.59. The lowest BCUT2D eigenvalue weighted by atomic mass is 10.0. The van der Waals surface area contributed by atoms with Crippen LogP contribution in [-0.2, 0) is 32.6 Å². The number of ether oxygens (including phenoxy) is 2. The Morgan fingerprint density at radius 1 is 0.851 bits per heavy atom. The van der Waals surface area contributed by atoms with Gasteiger partial charge in [-0.15, -0.1) is 0 Å². The summed E-state index contributed by atoms with van der Waals surface area (Å²) in [6.07, 6.45) is 1.71. The molecule has 0 heterocycles. The third kappa shape index (κ3) is 8.88. The van der Waals surface area contributed by atoms with E-state index in [1.807, 2.05) is 37.3 Å². The average molecular weight is 662 g/mol. The predicted molar refractivity (Wildman–Crippen MR) is 179 cm³/mol. The fraction of sp³-hybridized carbons (Fsp3) is 0.278. The highest BCUT2D eigenvalue weighted by molar-refractivity contribution is 7.92. The fourth-order valence-electron chi connectivity index (χ4n) is 5.10. The first kappa shape index (κ1) is 35.0. The van der Waals surface area contributed by atoms with Crippen molar-refractivity contribution in [3.63, 3.8) is 0 Å². The molecule has 0 aliphatic rings. The summed E-state index contributed by atoms with van der Waals surface area (Å²) < 4.78 is 55.2. The second kappa shape index (κ2) is 16.6. The summed E-state index contributed by atoms with van der Waals surface area (Å²) in [5.74, 6) is -1.12. The molecule has 0 saturated carbocycles. The molecule has 2 amide bonds. The molecule has 4 rings (SSSR count). The summed E-state index contributed by atoms with van der Waals surface area (Å²) >= 11 is 0. The largest absolute Gasteiger partial charge is 0.493 e. The maximum Gasteiger partial charge on any atom is 0.264 e. The Labute approximate surface area is 276 Å². The molecule has 0 aliphatic carbocycles. The van der Waals surface area contributed by atoms with Crippen LogP contribution in [0.15, 0.2) is 108 Å². The van der Waals surface area contributed by atoms with Gasteiger partial charge in [-0.3, -0.25) is 13.9 Å². The van der Waals surface area contributed by atoms with Crippen molar-refractivity contribution in [2.45, 2.75) is 43.7 Å². The van der Waals surface area contributed by atoms with Gasteiger partial charge in [0.1, 0.15) is 18.4 Å². The third-order valence-electron chi connectivity index (χ3n) is 7.67. The van der Waals surface area contributed by atoms with Gasteiger partial charge >= 0.3 is 0 Å². The van der Waals surface area contributed by atoms with E-state index < -0.39 is 40.2 Å². The Bertz CT molecular complexity index is 1740. The summed E-state index contributed by atoms with van der Waals surface area (Å²) in [7, 11) is -1.53. The van der Waals surface area contributed by atoms with E-state index in [2.05, 4.69) is 5.32 Å². The highest BCUT2D eigenvalue weighted by Crippen LogP contribution is 2.32. The number of methoxy groups -OCH3 is 2. The summed E-state index contributed by atoms with van der Waals surface area (Å²) in [4.78, 5) is 29.4. The van der Waals surface area contributed by atoms with Crippen molar-refractivity contribution < 1.29 is 31.9 Å². The van der Waals surface area contributed by atoms with Gasteiger partial charge in [-0.2, -0.15) is 0 Å². The molecule has 9 nitrogen and oxygen atoms in total. The number of sulfonamides is 1. The number of nitrogens with one attached hydrogen (secondary N) is 1. The van der Waals surface area contributed by atoms with Gasteiger partial charge in [0.25, 0.3) is 10.0 Å². The Kier molecular flexibility index (Phi) is 12.3. The minimum atomic E-state index is -4.37. The third-order valence-corrected chi connectivity index (χ3v) is 9.44. The molecule has 0 spiro atoms. The first-order valence-electron chi connectivity index (χ1n) is 15.3. The second-order valence-corrected chi connectivity index (χ2v) is 12.7. The van der Waals surface area contributed by atoms with E-state index in [9.17, 15) is 18.0 Å². The molecule has 0 radical (unpaired) electrons. The Hall–Kier alpha value is -4.90. The number of anilines is 1. The fourth-order valence-corrected chi connectivity index (χ4v) is 6.53. The standard InChI is InChI=1S/C36H40FN3O6S/c1-4-5-22-38-36(42)32(23-27-14-8-6-9-15-27)39(25-28-16-12-13-19-31(28)37)35(41)26-40(29-17-10-7-11-18-29)47(43,44)30-20-21-33(45-2)34(24-30)46-3/h6-21,24,32H,4-5,22-23,25-26H2,1-3H3,(H,38,42). The number of amides is 2. The van der Waals surface area contributed by atoms with Gasteiger partial charge in [-0.05, 0) is 42.3 Å². The molecule has 11 heteroatoms. The molecule has 0 fully saturated rings. The number of rotatable bonds is 16. The average Bonchev–Trinajstić information content (AvgIpc) is 3.09. The van der Waals surface area contributed by atoms with E-state index in [0.717, 1.165) is 22.7 Å². The van der Waals surface area contributed by atoms with Gasteiger partial charge in [0.05, 0.1) is 24.8 Å². The number of benzene rings is 4. The molecule has 0 aromatic heterocycles. The first-order chi connectivity index (χ1) is 22.7. The van der Waals surface area contributed by atoms with Gasteiger partial charge in [0, 0.05) is 31.1 Å². The molecule has 1 unspecified atom stereocenters. The van der Waals surface area contributed by atoms with Crippen molar-refractivity contribution in [3.05, 3.63) is 120 Å². The Morgan fingerprint density at radius 3 is 2.13 bits per heavy atom. The smallest absolute Gasteiger partial charge is 0.264 e. The van der Waals surface area contributed by atoms with Crippen molar-refractivity contribution in [2.75, 3.05) is 31.6 Å². The molecule has 0 saturated heterocycles. The molecular weight excluding hydrogens is 621 g/mol. The number of carbonyl (C=O) groups is 2. The van der Waals surface area contributed by atoms with Crippen molar-refractivity contribution in [1.29, 1.82) is 0 Å². The normalized spacial score (nSPS) is 11.7. The van der Waals surface area contributed by atoms with E-state index in [0.29, 0.717) is 12.3 Å². The SMILES string of the molecule is CCCCNC(=O)C(Cc1ccccc1)N(Cc1ccccc1F)C(=O)CN(c1ccccc1)S(=O)(=O)c1ccc(OC)c(OC)c1. The van der Waals surface area contributed by atoms with Gasteiger partial charge in [-0.25, -0.2) is 12.8 Å². The van der Waals surface area contributed by atoms with Crippen molar-refractivity contribution in [3.8, 4) is 11.5 Å². The highest BCUT2D eigenvalue weighted by Gasteiger charge is 2.35. The van der Waals surface area contributed by atoms with Crippen molar-refractivity contribution >= 4 is 27.5 Å². The van der Waals surface area contributed by atoms with Gasteiger partial charge in [-0.1, -0.05) is 80.1 Å². The number of halogens is 1. The number of hydrogen-bond donors (Lipinski definition) is 1. The summed E-state index contributed by atoms with van der Waals surface area (Å²) in [6, 6.07) is 26.5. The number of para-hydroxylation sites is 1. The number of nitrogens with zero attached hydrogens (tertiary/aromatic N) is 2. The van der Waals surface area contributed by atoms with Crippen LogP contribution in [0.25, 0.3) is 0 Å². The molecule has 4 aromatic rings. The lowest BCUT2D eigenvalue weighted by molar-refractivity contribution is -0.140. The number of hydrogen-bond acceptors (Lipinski definition) is 6. The Morgan fingerprint density at radius 2 is 1.49 bits per heavy atom. The van der Waals surface area contributed by atoms with E-state index >= 15 is 4.39 Å². The lowest BCUT2D eigenvalue weighted by Gasteiger charge is -2.34. The van der Waals surface area contributed by atoms with Crippen molar-refractivity contribution in [1.82, 2.24) is 10.2 Å². The van der Waals surface area contributed by atoms with Crippen LogP contribution in [0.1, 0.15) is 30.9 Å². The molecule has 4 aromatic carbocycles. The van der Waals surface area contributed by atoms with E-state index in [1.54, 1.807) is 42.5 Å². The minimum Gasteiger partial charge on any atom is -0.493 e. The monoisotopic (exact) mass is 661 g/mol. The quantitative estimate of drug-likeness (QED) is 0.157. The maximum absolute atomic E-state index is 15.1. The highest BCUT2D eigenvalue weighted by atomic mass is 32.2. The molecular formula is C36H40FN3O6S. The molecule has 0 aliphatic heterocycles. The van der Waals surface area contributed by atoms with Crippen LogP contribution in [-0.4, -0.2) is 58.5 Å². The van der Waals surface area contributed by atoms with Gasteiger partial charge in [0.15, 0.2) is 11.5 Å². The zero-order valence-corrected chi connectivity index (χ0v) is 27.6. The van der Waals surface area contributed by atoms with Crippen LogP contribution in [0.4, 0.5) is 10.1 Å². The molecule has 1 atom stereocenters. The van der Waals surface area contributed by atoms with E-state index in [1.165, 1.54) is 49.5 Å². The van der Waals surface area contributed by atoms with Crippen LogP contribution in [0.3, 0.4) is 0 Å². The summed E-state index contributed by atoms with van der Waals surface area (Å²) in [5, 5.41) is 2.92. The zero-order chi connectivity index (χ0) is 33.8. The number of unbranched alkanes of at least 4 members (excludes halogenated alkanes) is 1. The van der Waals surface area contributed by atoms with Crippen LogP contribution in [0, 0.1) is 5.82 Å². The first-order valence-corrected chi connectivity index (χ1v) is 16.8. The molecule has 248 valence electrons. The van der Waals surface area contributed by atoms with Crippen LogP contribution >= 0.6 is 0 Å². The number of carbonyl (C=O) groups excluding carboxylic acids is 2. The summed E-state index contributed by atoms with van der Waals surface area (Å²) in [6.45, 7) is 1.47. The van der Waals surface area contributed by atoms with Gasteiger partial charge < -0.3 is 19.7 Å². The van der Waals surface area contributed by atoms with Crippen molar-refractivity contribution in [2.24, 2.45) is 0 Å².